The van der Waals surface area contributed by atoms with E-state index in [4.69, 9.17) is 30.8 Å². The highest BCUT2D eigenvalue weighted by Gasteiger charge is 2.19. The zero-order valence-electron chi connectivity index (χ0n) is 25.6. The van der Waals surface area contributed by atoms with Crippen LogP contribution in [0.1, 0.15) is 26.1 Å². The molecule has 2 unspecified atom stereocenters. The van der Waals surface area contributed by atoms with Gasteiger partial charge in [-0.2, -0.15) is 5.10 Å². The van der Waals surface area contributed by atoms with Crippen molar-refractivity contribution in [2.24, 2.45) is 16.1 Å². The second kappa shape index (κ2) is 17.1. The van der Waals surface area contributed by atoms with Gasteiger partial charge in [0.05, 0.1) is 30.4 Å². The molecule has 16 heteroatoms. The van der Waals surface area contributed by atoms with Gasteiger partial charge in [0.25, 0.3) is 11.4 Å². The van der Waals surface area contributed by atoms with E-state index in [2.05, 4.69) is 37.4 Å². The van der Waals surface area contributed by atoms with Gasteiger partial charge in [-0.1, -0.05) is 13.5 Å². The first-order valence-electron chi connectivity index (χ1n) is 14.0. The summed E-state index contributed by atoms with van der Waals surface area (Å²) in [4.78, 5) is 34.9. The number of esters is 1. The molecule has 238 valence electrons. The molecular formula is C29H36N10O6. The van der Waals surface area contributed by atoms with Crippen LogP contribution in [0.25, 0.3) is 10.5 Å². The van der Waals surface area contributed by atoms with Crippen LogP contribution in [0.2, 0.25) is 0 Å². The maximum atomic E-state index is 11.4. The molecule has 45 heavy (non-hydrogen) atoms. The van der Waals surface area contributed by atoms with E-state index < -0.39 is 10.9 Å². The highest BCUT2D eigenvalue weighted by atomic mass is 16.6. The Kier molecular flexibility index (Phi) is 13.0. The number of non-ortho nitro benzene ring substituents is 1. The summed E-state index contributed by atoms with van der Waals surface area (Å²) in [6, 6.07) is 5.57. The maximum absolute atomic E-state index is 11.4. The van der Waals surface area contributed by atoms with E-state index in [0.29, 0.717) is 55.7 Å². The van der Waals surface area contributed by atoms with Crippen LogP contribution in [0, 0.1) is 22.6 Å². The fraction of sp³-hybridized carbons (Fsp3) is 0.414. The van der Waals surface area contributed by atoms with Crippen LogP contribution in [-0.4, -0.2) is 77.3 Å². The number of benzene rings is 1. The number of azo groups is 1. The van der Waals surface area contributed by atoms with Crippen LogP contribution in [0.4, 0.5) is 34.5 Å². The first-order chi connectivity index (χ1) is 21.7. The molecule has 16 nitrogen and oxygen atoms in total. The molecule has 2 atom stereocenters. The molecule has 2 aromatic heterocycles. The van der Waals surface area contributed by atoms with Gasteiger partial charge in [0, 0.05) is 64.2 Å². The lowest BCUT2D eigenvalue weighted by Crippen LogP contribution is -2.23. The van der Waals surface area contributed by atoms with Gasteiger partial charge >= 0.3 is 5.97 Å². The first-order valence-corrected chi connectivity index (χ1v) is 14.0. The van der Waals surface area contributed by atoms with Gasteiger partial charge in [0.15, 0.2) is 17.3 Å². The Morgan fingerprint density at radius 1 is 1.18 bits per heavy atom. The molecule has 0 radical (unpaired) electrons. The molecule has 0 saturated carbocycles. The summed E-state index contributed by atoms with van der Waals surface area (Å²) in [6.45, 7) is 16.4. The topological polar surface area (TPSA) is 185 Å². The van der Waals surface area contributed by atoms with E-state index in [-0.39, 0.29) is 41.4 Å². The number of nitro benzene ring substituents is 1. The number of aromatic nitrogens is 4. The van der Waals surface area contributed by atoms with Gasteiger partial charge < -0.3 is 24.8 Å². The van der Waals surface area contributed by atoms with E-state index in [0.717, 1.165) is 6.08 Å². The van der Waals surface area contributed by atoms with Crippen molar-refractivity contribution in [3.63, 3.8) is 0 Å². The number of nitro groups is 1. The Bertz CT molecular complexity index is 1530. The van der Waals surface area contributed by atoms with Crippen molar-refractivity contribution in [3.05, 3.63) is 70.5 Å². The van der Waals surface area contributed by atoms with Crippen LogP contribution in [0.5, 0.6) is 0 Å². The largest absolute Gasteiger partial charge is 0.462 e. The van der Waals surface area contributed by atoms with Crippen LogP contribution in [0.15, 0.2) is 53.3 Å². The molecular weight excluding hydrogens is 584 g/mol. The smallest absolute Gasteiger partial charge is 0.330 e. The molecule has 2 heterocycles. The predicted molar refractivity (Wildman–Crippen MR) is 167 cm³/mol. The lowest BCUT2D eigenvalue weighted by Gasteiger charge is -2.19. The first kappa shape index (κ1) is 34.2. The lowest BCUT2D eigenvalue weighted by molar-refractivity contribution is -0.384. The molecule has 3 rings (SSSR count). The van der Waals surface area contributed by atoms with Crippen molar-refractivity contribution in [2.75, 3.05) is 51.2 Å². The molecule has 2 N–H and O–H groups in total. The number of carbonyl (C=O) groups excluding carboxylic acids is 1. The summed E-state index contributed by atoms with van der Waals surface area (Å²) in [5.74, 6) is 0.938. The Balaban J connectivity index is 2.02. The molecule has 0 saturated heterocycles. The van der Waals surface area contributed by atoms with Crippen molar-refractivity contribution in [2.45, 2.75) is 32.7 Å². The third-order valence-corrected chi connectivity index (χ3v) is 6.10. The molecule has 3 aromatic rings. The number of hydrogen-bond donors (Lipinski definition) is 2. The van der Waals surface area contributed by atoms with Crippen molar-refractivity contribution in [3.8, 4) is 5.69 Å². The van der Waals surface area contributed by atoms with Crippen LogP contribution < -0.4 is 10.6 Å². The third-order valence-electron chi connectivity index (χ3n) is 6.10. The molecule has 0 aliphatic rings. The number of nitrogens with one attached hydrogen (secondary N) is 2. The van der Waals surface area contributed by atoms with E-state index in [1.807, 2.05) is 13.8 Å². The van der Waals surface area contributed by atoms with E-state index in [9.17, 15) is 14.9 Å². The van der Waals surface area contributed by atoms with Gasteiger partial charge in [0.2, 0.25) is 5.82 Å². The van der Waals surface area contributed by atoms with Gasteiger partial charge in [-0.25, -0.2) is 19.6 Å². The molecule has 0 spiro atoms. The SMILES string of the molecule is [C-]#[N+]c1cn(-c2ccc([N+](=O)[O-])cc2)nc1N=Nc1c(NCCCOC(=O)C=C)nc(CC(C)COC)nc1NC(C)COC. The Hall–Kier alpha value is -5.27. The van der Waals surface area contributed by atoms with E-state index in [1.54, 1.807) is 14.2 Å². The number of nitrogens with zero attached hydrogens (tertiary/aromatic N) is 8. The predicted octanol–water partition coefficient (Wildman–Crippen LogP) is 5.34. The standard InChI is InChI=1S/C29H36N10O6/c1-7-25(40)45-14-8-13-31-28-26(29(32-20(3)18-44-6)34-24(33-28)15-19(2)17-43-5)35-36-27-23(30-4)16-38(37-27)21-9-11-22(12-10-21)39(41)42/h7,9-12,16,19-20H,1,8,13-15,17-18H2,2-3,5-6H3,(H2,31,32,33,34). The minimum atomic E-state index is -0.511. The highest BCUT2D eigenvalue weighted by molar-refractivity contribution is 5.81. The van der Waals surface area contributed by atoms with Crippen molar-refractivity contribution < 1.29 is 23.9 Å². The number of ether oxygens (including phenoxy) is 3. The minimum Gasteiger partial charge on any atom is -0.462 e. The van der Waals surface area contributed by atoms with Gasteiger partial charge in [0.1, 0.15) is 5.82 Å². The summed E-state index contributed by atoms with van der Waals surface area (Å²) >= 11 is 0. The van der Waals surface area contributed by atoms with E-state index >= 15 is 0 Å². The van der Waals surface area contributed by atoms with Gasteiger partial charge in [-0.3, -0.25) is 14.8 Å². The van der Waals surface area contributed by atoms with Gasteiger partial charge in [-0.05, 0) is 31.4 Å². The molecule has 0 aliphatic carbocycles. The monoisotopic (exact) mass is 620 g/mol. The zero-order valence-corrected chi connectivity index (χ0v) is 25.6. The summed E-state index contributed by atoms with van der Waals surface area (Å²) < 4.78 is 17.0. The average molecular weight is 621 g/mol. The summed E-state index contributed by atoms with van der Waals surface area (Å²) in [5, 5.41) is 30.7. The van der Waals surface area contributed by atoms with Gasteiger partial charge in [-0.15, -0.1) is 10.2 Å². The number of methoxy groups -OCH3 is 2. The number of rotatable bonds is 18. The zero-order chi connectivity index (χ0) is 32.8. The summed E-state index contributed by atoms with van der Waals surface area (Å²) in [5.41, 5.74) is 0.812. The van der Waals surface area contributed by atoms with Crippen molar-refractivity contribution >= 4 is 40.5 Å². The highest BCUT2D eigenvalue weighted by Crippen LogP contribution is 2.36. The van der Waals surface area contributed by atoms with Crippen molar-refractivity contribution in [1.82, 2.24) is 19.7 Å². The average Bonchev–Trinajstić information content (AvgIpc) is 3.43. The Morgan fingerprint density at radius 3 is 2.53 bits per heavy atom. The van der Waals surface area contributed by atoms with Crippen LogP contribution >= 0.6 is 0 Å². The summed E-state index contributed by atoms with van der Waals surface area (Å²) in [7, 11) is 3.22. The Morgan fingerprint density at radius 2 is 1.89 bits per heavy atom. The van der Waals surface area contributed by atoms with Crippen molar-refractivity contribution in [1.29, 1.82) is 0 Å². The van der Waals surface area contributed by atoms with Crippen LogP contribution in [0.3, 0.4) is 0 Å². The molecule has 0 bridgehead atoms. The molecule has 0 aliphatic heterocycles. The van der Waals surface area contributed by atoms with E-state index in [1.165, 1.54) is 35.1 Å². The quantitative estimate of drug-likeness (QED) is 0.0356. The Labute approximate surface area is 260 Å². The molecule has 1 aromatic carbocycles. The summed E-state index contributed by atoms with van der Waals surface area (Å²) in [6.07, 6.45) is 3.55. The number of carbonyl (C=O) groups is 1. The maximum Gasteiger partial charge on any atom is 0.330 e. The lowest BCUT2D eigenvalue weighted by atomic mass is 10.1. The molecule has 0 amide bonds. The second-order valence-corrected chi connectivity index (χ2v) is 9.97. The fourth-order valence-electron chi connectivity index (χ4n) is 4.06. The number of anilines is 2. The fourth-order valence-corrected chi connectivity index (χ4v) is 4.06. The minimum absolute atomic E-state index is 0.0272. The van der Waals surface area contributed by atoms with Crippen LogP contribution in [-0.2, 0) is 25.4 Å². The third kappa shape index (κ3) is 10.2. The number of hydrogen-bond acceptors (Lipinski definition) is 13. The molecule has 0 fully saturated rings. The normalized spacial score (nSPS) is 12.3. The second-order valence-electron chi connectivity index (χ2n) is 9.97.